The molecule has 0 amide bonds. The summed E-state index contributed by atoms with van der Waals surface area (Å²) in [5, 5.41) is 22.7. The number of carbonyl (C=O) groups is 1. The molecule has 19 heavy (non-hydrogen) atoms. The smallest absolute Gasteiger partial charge is 0.311 e. The fourth-order valence-corrected chi connectivity index (χ4v) is 2.13. The summed E-state index contributed by atoms with van der Waals surface area (Å²) >= 11 is 3.18. The summed E-state index contributed by atoms with van der Waals surface area (Å²) in [6.07, 6.45) is 3.86. The molecule has 0 spiro atoms. The number of hydrogen-bond donors (Lipinski definition) is 2. The number of carboxylic acids is 1. The van der Waals surface area contributed by atoms with Crippen molar-refractivity contribution < 1.29 is 14.8 Å². The first-order valence-corrected chi connectivity index (χ1v) is 6.51. The van der Waals surface area contributed by atoms with Crippen molar-refractivity contribution in [1.82, 2.24) is 4.98 Å². The molecule has 0 aliphatic heterocycles. The van der Waals surface area contributed by atoms with Crippen LogP contribution < -0.4 is 5.32 Å². The first kappa shape index (κ1) is 15.4. The van der Waals surface area contributed by atoms with Crippen molar-refractivity contribution in [2.24, 2.45) is 0 Å². The molecule has 1 heterocycles. The molecule has 0 radical (unpaired) electrons. The molecule has 0 saturated heterocycles. The highest BCUT2D eigenvalue weighted by atomic mass is 79.9. The van der Waals surface area contributed by atoms with E-state index >= 15 is 0 Å². The molecule has 7 nitrogen and oxygen atoms in total. The number of carboxylic acid groups (broad SMARTS) is 1. The number of aromatic nitrogens is 1. The van der Waals surface area contributed by atoms with Gasteiger partial charge >= 0.3 is 11.7 Å². The molecule has 0 aliphatic carbocycles. The summed E-state index contributed by atoms with van der Waals surface area (Å²) in [7, 11) is 0. The second-order valence-corrected chi connectivity index (χ2v) is 4.85. The van der Waals surface area contributed by atoms with Gasteiger partial charge in [-0.3, -0.25) is 19.9 Å². The van der Waals surface area contributed by atoms with Crippen LogP contribution in [0.4, 0.5) is 11.4 Å². The summed E-state index contributed by atoms with van der Waals surface area (Å²) in [6.45, 7) is 1.92. The zero-order valence-corrected chi connectivity index (χ0v) is 11.9. The molecule has 0 saturated carbocycles. The Hall–Kier alpha value is -1.70. The average Bonchev–Trinajstić information content (AvgIpc) is 2.30. The Morgan fingerprint density at radius 2 is 2.32 bits per heavy atom. The average molecular weight is 332 g/mol. The number of rotatable bonds is 7. The largest absolute Gasteiger partial charge is 0.481 e. The van der Waals surface area contributed by atoms with Gasteiger partial charge in [-0.05, 0) is 22.4 Å². The molecule has 1 rings (SSSR count). The van der Waals surface area contributed by atoms with E-state index in [1.165, 1.54) is 6.20 Å². The fraction of sp³-hybridized carbons (Fsp3) is 0.455. The van der Waals surface area contributed by atoms with Crippen LogP contribution in [0.5, 0.6) is 0 Å². The van der Waals surface area contributed by atoms with E-state index in [4.69, 9.17) is 5.11 Å². The monoisotopic (exact) mass is 331 g/mol. The molecule has 1 aromatic heterocycles. The normalized spacial score (nSPS) is 11.9. The maximum atomic E-state index is 10.9. The van der Waals surface area contributed by atoms with E-state index in [0.29, 0.717) is 10.9 Å². The third-order valence-corrected chi connectivity index (χ3v) is 3.08. The molecule has 0 aromatic carbocycles. The van der Waals surface area contributed by atoms with Crippen molar-refractivity contribution in [2.45, 2.75) is 32.2 Å². The van der Waals surface area contributed by atoms with Crippen LogP contribution in [0.15, 0.2) is 16.9 Å². The number of nitrogens with one attached hydrogen (secondary N) is 1. The van der Waals surface area contributed by atoms with Gasteiger partial charge in [0.15, 0.2) is 0 Å². The lowest BCUT2D eigenvalue weighted by atomic mass is 10.1. The second-order valence-electron chi connectivity index (χ2n) is 4.00. The van der Waals surface area contributed by atoms with Crippen LogP contribution in [-0.2, 0) is 4.79 Å². The molecular weight excluding hydrogens is 318 g/mol. The Morgan fingerprint density at radius 3 is 2.84 bits per heavy atom. The standard InChI is InChI=1S/C11H14BrN3O4/c1-2-3-7(4-10(16)17)14-11-8(12)5-13-6-9(11)15(18)19/h5-7H,2-4H2,1H3,(H,13,14)(H,16,17). The van der Waals surface area contributed by atoms with Crippen LogP contribution in [0.3, 0.4) is 0 Å². The lowest BCUT2D eigenvalue weighted by molar-refractivity contribution is -0.384. The predicted octanol–water partition coefficient (Wildman–Crippen LogP) is 2.81. The van der Waals surface area contributed by atoms with Gasteiger partial charge in [0.1, 0.15) is 11.9 Å². The number of aliphatic carboxylic acids is 1. The van der Waals surface area contributed by atoms with E-state index in [2.05, 4.69) is 26.2 Å². The lowest BCUT2D eigenvalue weighted by Gasteiger charge is -2.18. The molecule has 1 unspecified atom stereocenters. The number of nitro groups is 1. The highest BCUT2D eigenvalue weighted by Crippen LogP contribution is 2.32. The summed E-state index contributed by atoms with van der Waals surface area (Å²) in [4.78, 5) is 24.9. The summed E-state index contributed by atoms with van der Waals surface area (Å²) < 4.78 is 0.438. The van der Waals surface area contributed by atoms with E-state index in [-0.39, 0.29) is 23.8 Å². The summed E-state index contributed by atoms with van der Waals surface area (Å²) in [5.41, 5.74) is 0.0839. The van der Waals surface area contributed by atoms with Gasteiger partial charge in [-0.2, -0.15) is 0 Å². The van der Waals surface area contributed by atoms with Crippen LogP contribution in [0.1, 0.15) is 26.2 Å². The molecule has 0 aliphatic rings. The Bertz CT molecular complexity index is 481. The van der Waals surface area contributed by atoms with Gasteiger partial charge < -0.3 is 10.4 Å². The van der Waals surface area contributed by atoms with E-state index in [9.17, 15) is 14.9 Å². The van der Waals surface area contributed by atoms with Gasteiger partial charge in [-0.1, -0.05) is 13.3 Å². The quantitative estimate of drug-likeness (QED) is 0.587. The van der Waals surface area contributed by atoms with Crippen molar-refractivity contribution in [3.05, 3.63) is 27.0 Å². The molecule has 0 bridgehead atoms. The molecule has 8 heteroatoms. The molecule has 104 valence electrons. The predicted molar refractivity (Wildman–Crippen MR) is 73.2 cm³/mol. The maximum Gasteiger partial charge on any atom is 0.311 e. The molecule has 1 atom stereocenters. The topological polar surface area (TPSA) is 105 Å². The van der Waals surface area contributed by atoms with Crippen LogP contribution in [-0.4, -0.2) is 27.0 Å². The van der Waals surface area contributed by atoms with Crippen LogP contribution in [0, 0.1) is 10.1 Å². The zero-order chi connectivity index (χ0) is 14.4. The minimum absolute atomic E-state index is 0.0975. The molecule has 0 fully saturated rings. The lowest BCUT2D eigenvalue weighted by Crippen LogP contribution is -2.23. The van der Waals surface area contributed by atoms with E-state index in [1.54, 1.807) is 0 Å². The highest BCUT2D eigenvalue weighted by molar-refractivity contribution is 9.10. The van der Waals surface area contributed by atoms with Crippen LogP contribution in [0.25, 0.3) is 0 Å². The van der Waals surface area contributed by atoms with Crippen LogP contribution >= 0.6 is 15.9 Å². The Labute approximate surface area is 118 Å². The van der Waals surface area contributed by atoms with Crippen molar-refractivity contribution in [2.75, 3.05) is 5.32 Å². The van der Waals surface area contributed by atoms with Gasteiger partial charge in [-0.25, -0.2) is 0 Å². The van der Waals surface area contributed by atoms with Crippen LogP contribution in [0.2, 0.25) is 0 Å². The number of pyridine rings is 1. The van der Waals surface area contributed by atoms with Gasteiger partial charge in [0, 0.05) is 12.2 Å². The number of nitrogens with zero attached hydrogens (tertiary/aromatic N) is 2. The van der Waals surface area contributed by atoms with Gasteiger partial charge in [0.25, 0.3) is 0 Å². The third-order valence-electron chi connectivity index (χ3n) is 2.48. The van der Waals surface area contributed by atoms with Gasteiger partial charge in [-0.15, -0.1) is 0 Å². The van der Waals surface area contributed by atoms with Gasteiger partial charge in [0.05, 0.1) is 15.8 Å². The Kier molecular flexibility index (Phi) is 5.68. The first-order chi connectivity index (χ1) is 8.95. The Balaban J connectivity index is 3.00. The third kappa shape index (κ3) is 4.47. The van der Waals surface area contributed by atoms with E-state index in [1.807, 2.05) is 6.92 Å². The Morgan fingerprint density at radius 1 is 1.63 bits per heavy atom. The number of halogens is 1. The minimum atomic E-state index is -0.946. The van der Waals surface area contributed by atoms with Crippen molar-refractivity contribution >= 4 is 33.3 Å². The minimum Gasteiger partial charge on any atom is -0.481 e. The fourth-order valence-electron chi connectivity index (χ4n) is 1.69. The number of anilines is 1. The molecular formula is C11H14BrN3O4. The van der Waals surface area contributed by atoms with E-state index < -0.39 is 10.9 Å². The number of hydrogen-bond acceptors (Lipinski definition) is 5. The van der Waals surface area contributed by atoms with Crippen molar-refractivity contribution in [1.29, 1.82) is 0 Å². The highest BCUT2D eigenvalue weighted by Gasteiger charge is 2.21. The molecule has 1 aromatic rings. The van der Waals surface area contributed by atoms with Crippen molar-refractivity contribution in [3.63, 3.8) is 0 Å². The zero-order valence-electron chi connectivity index (χ0n) is 10.3. The summed E-state index contributed by atoms with van der Waals surface area (Å²) in [5.74, 6) is -0.946. The maximum absolute atomic E-state index is 10.9. The van der Waals surface area contributed by atoms with E-state index in [0.717, 1.165) is 12.6 Å². The van der Waals surface area contributed by atoms with Crippen molar-refractivity contribution in [3.8, 4) is 0 Å². The molecule has 2 N–H and O–H groups in total. The SMILES string of the molecule is CCCC(CC(=O)O)Nc1c(Br)cncc1[N+](=O)[O-]. The van der Waals surface area contributed by atoms with Gasteiger partial charge in [0.2, 0.25) is 0 Å². The second kappa shape index (κ2) is 7.03. The first-order valence-electron chi connectivity index (χ1n) is 5.72. The summed E-state index contributed by atoms with van der Waals surface area (Å²) in [6, 6.07) is -0.361.